The largest absolute Gasteiger partial charge is 0.378 e. The van der Waals surface area contributed by atoms with Gasteiger partial charge in [0, 0.05) is 35.1 Å². The monoisotopic (exact) mass is 425 g/mol. The molecule has 0 saturated carbocycles. The molecule has 2 aromatic heterocycles. The van der Waals surface area contributed by atoms with Crippen LogP contribution in [0.1, 0.15) is 26.3 Å². The maximum Gasteiger partial charge on any atom is 0.254 e. The standard InChI is InChI=1S/C24H19N5O3/c25-13-14-2-1-3-15(10-14)19-12-18(23(26)30)22-21(27-19)17-5-4-16(11-20(17)28-22)24(31)29-6-8-32-9-7-29/h1-5,10-12,28H,6-9H2,(H2,26,30). The first-order chi connectivity index (χ1) is 15.5. The Hall–Kier alpha value is -4.22. The van der Waals surface area contributed by atoms with Crippen molar-refractivity contribution in [2.24, 2.45) is 5.73 Å². The number of fused-ring (bicyclic) bond motifs is 3. The van der Waals surface area contributed by atoms with Crippen LogP contribution < -0.4 is 5.73 Å². The number of H-pyrrole nitrogens is 1. The minimum atomic E-state index is -0.591. The van der Waals surface area contributed by atoms with Gasteiger partial charge in [-0.25, -0.2) is 4.98 Å². The Labute approximate surface area is 183 Å². The van der Waals surface area contributed by atoms with Crippen LogP contribution in [0, 0.1) is 11.3 Å². The lowest BCUT2D eigenvalue weighted by molar-refractivity contribution is 0.0303. The summed E-state index contributed by atoms with van der Waals surface area (Å²) in [5.41, 5.74) is 10.1. The van der Waals surface area contributed by atoms with E-state index >= 15 is 0 Å². The smallest absolute Gasteiger partial charge is 0.254 e. The molecule has 3 N–H and O–H groups in total. The molecule has 0 unspecified atom stereocenters. The molecule has 1 aliphatic heterocycles. The van der Waals surface area contributed by atoms with Crippen LogP contribution in [0.15, 0.2) is 48.5 Å². The molecule has 0 atom stereocenters. The zero-order valence-electron chi connectivity index (χ0n) is 17.1. The molecule has 1 aliphatic rings. The summed E-state index contributed by atoms with van der Waals surface area (Å²) in [7, 11) is 0. The molecule has 1 fully saturated rings. The number of aromatic nitrogens is 2. The summed E-state index contributed by atoms with van der Waals surface area (Å²) < 4.78 is 5.32. The van der Waals surface area contributed by atoms with E-state index in [4.69, 9.17) is 15.5 Å². The Morgan fingerprint density at radius 1 is 1.12 bits per heavy atom. The molecule has 4 aromatic rings. The Balaban J connectivity index is 1.66. The molecule has 1 saturated heterocycles. The average molecular weight is 425 g/mol. The number of primary amides is 1. The minimum absolute atomic E-state index is 0.0639. The highest BCUT2D eigenvalue weighted by Gasteiger charge is 2.21. The molecule has 2 amide bonds. The summed E-state index contributed by atoms with van der Waals surface area (Å²) in [6.45, 7) is 2.17. The van der Waals surface area contributed by atoms with Crippen molar-refractivity contribution >= 4 is 33.8 Å². The van der Waals surface area contributed by atoms with E-state index in [1.54, 1.807) is 41.3 Å². The van der Waals surface area contributed by atoms with Crippen molar-refractivity contribution in [3.8, 4) is 17.3 Å². The number of carbonyl (C=O) groups excluding carboxylic acids is 2. The highest BCUT2D eigenvalue weighted by molar-refractivity contribution is 6.14. The number of nitrogens with two attached hydrogens (primary N) is 1. The second-order valence-corrected chi connectivity index (χ2v) is 7.63. The molecule has 0 radical (unpaired) electrons. The Kier molecular flexibility index (Phi) is 4.81. The van der Waals surface area contributed by atoms with E-state index in [0.717, 1.165) is 5.39 Å². The highest BCUT2D eigenvalue weighted by atomic mass is 16.5. The van der Waals surface area contributed by atoms with Crippen molar-refractivity contribution in [1.82, 2.24) is 14.9 Å². The van der Waals surface area contributed by atoms with Crippen molar-refractivity contribution in [2.75, 3.05) is 26.3 Å². The van der Waals surface area contributed by atoms with E-state index in [1.165, 1.54) is 0 Å². The molecule has 0 aliphatic carbocycles. The summed E-state index contributed by atoms with van der Waals surface area (Å²) in [6, 6.07) is 16.1. The van der Waals surface area contributed by atoms with Gasteiger partial charge in [0.2, 0.25) is 0 Å². The number of nitrogens with zero attached hydrogens (tertiary/aromatic N) is 3. The van der Waals surface area contributed by atoms with E-state index in [9.17, 15) is 14.9 Å². The zero-order chi connectivity index (χ0) is 22.2. The van der Waals surface area contributed by atoms with Gasteiger partial charge >= 0.3 is 0 Å². The number of nitriles is 1. The quantitative estimate of drug-likeness (QED) is 0.522. The van der Waals surface area contributed by atoms with Gasteiger partial charge in [0.05, 0.1) is 47.1 Å². The van der Waals surface area contributed by atoms with Gasteiger partial charge in [-0.3, -0.25) is 9.59 Å². The predicted octanol–water partition coefficient (Wildman–Crippen LogP) is 2.83. The molecule has 0 spiro atoms. The minimum Gasteiger partial charge on any atom is -0.378 e. The van der Waals surface area contributed by atoms with Gasteiger partial charge in [0.25, 0.3) is 11.8 Å². The summed E-state index contributed by atoms with van der Waals surface area (Å²) in [5.74, 6) is -0.655. The highest BCUT2D eigenvalue weighted by Crippen LogP contribution is 2.31. The summed E-state index contributed by atoms with van der Waals surface area (Å²) >= 11 is 0. The number of nitrogens with one attached hydrogen (secondary N) is 1. The summed E-state index contributed by atoms with van der Waals surface area (Å²) in [6.07, 6.45) is 0. The first-order valence-electron chi connectivity index (χ1n) is 10.2. The Morgan fingerprint density at radius 2 is 1.94 bits per heavy atom. The van der Waals surface area contributed by atoms with Crippen LogP contribution >= 0.6 is 0 Å². The number of ether oxygens (including phenoxy) is 1. The number of pyridine rings is 1. The second kappa shape index (κ2) is 7.80. The topological polar surface area (TPSA) is 125 Å². The molecule has 3 heterocycles. The zero-order valence-corrected chi connectivity index (χ0v) is 17.1. The molecule has 2 aromatic carbocycles. The third-order valence-corrected chi connectivity index (χ3v) is 5.65. The fraction of sp³-hybridized carbons (Fsp3) is 0.167. The molecule has 5 rings (SSSR count). The van der Waals surface area contributed by atoms with Gasteiger partial charge in [-0.05, 0) is 36.4 Å². The maximum atomic E-state index is 12.9. The molecule has 8 heteroatoms. The van der Waals surface area contributed by atoms with E-state index in [2.05, 4.69) is 11.1 Å². The number of hydrogen-bond acceptors (Lipinski definition) is 5. The molecule has 158 valence electrons. The fourth-order valence-electron chi connectivity index (χ4n) is 4.03. The number of benzene rings is 2. The second-order valence-electron chi connectivity index (χ2n) is 7.63. The number of rotatable bonds is 3. The van der Waals surface area contributed by atoms with E-state index in [1.807, 2.05) is 12.1 Å². The molecule has 0 bridgehead atoms. The molecule has 32 heavy (non-hydrogen) atoms. The van der Waals surface area contributed by atoms with Crippen LogP contribution in [0.3, 0.4) is 0 Å². The van der Waals surface area contributed by atoms with Crippen LogP contribution in [0.5, 0.6) is 0 Å². The number of aromatic amines is 1. The van der Waals surface area contributed by atoms with Crippen LogP contribution in [0.25, 0.3) is 33.2 Å². The lowest BCUT2D eigenvalue weighted by atomic mass is 10.0. The van der Waals surface area contributed by atoms with Crippen molar-refractivity contribution < 1.29 is 14.3 Å². The first kappa shape index (κ1) is 19.7. The van der Waals surface area contributed by atoms with Crippen molar-refractivity contribution in [3.63, 3.8) is 0 Å². The maximum absolute atomic E-state index is 12.9. The van der Waals surface area contributed by atoms with E-state index in [-0.39, 0.29) is 5.91 Å². The van der Waals surface area contributed by atoms with Crippen molar-refractivity contribution in [1.29, 1.82) is 5.26 Å². The number of morpholine rings is 1. The first-order valence-corrected chi connectivity index (χ1v) is 10.2. The van der Waals surface area contributed by atoms with Gasteiger partial charge in [-0.2, -0.15) is 5.26 Å². The normalized spacial score (nSPS) is 13.9. The number of amides is 2. The lowest BCUT2D eigenvalue weighted by Crippen LogP contribution is -2.40. The van der Waals surface area contributed by atoms with Gasteiger partial charge in [0.1, 0.15) is 0 Å². The van der Waals surface area contributed by atoms with Gasteiger partial charge < -0.3 is 20.4 Å². The summed E-state index contributed by atoms with van der Waals surface area (Å²) in [5, 5.41) is 9.99. The molecular weight excluding hydrogens is 406 g/mol. The fourth-order valence-corrected chi connectivity index (χ4v) is 4.03. The Morgan fingerprint density at radius 3 is 2.69 bits per heavy atom. The van der Waals surface area contributed by atoms with Crippen LogP contribution in [-0.2, 0) is 4.74 Å². The van der Waals surface area contributed by atoms with Crippen LogP contribution in [0.4, 0.5) is 0 Å². The SMILES string of the molecule is N#Cc1cccc(-c2cc(C(N)=O)c3[nH]c4cc(C(=O)N5CCOCC5)ccc4c3n2)c1. The van der Waals surface area contributed by atoms with Crippen molar-refractivity contribution in [3.05, 3.63) is 65.2 Å². The van der Waals surface area contributed by atoms with Crippen LogP contribution in [-0.4, -0.2) is 53.0 Å². The average Bonchev–Trinajstić information content (AvgIpc) is 3.21. The third-order valence-electron chi connectivity index (χ3n) is 5.65. The van der Waals surface area contributed by atoms with E-state index in [0.29, 0.717) is 70.8 Å². The number of hydrogen-bond donors (Lipinski definition) is 2. The van der Waals surface area contributed by atoms with E-state index < -0.39 is 5.91 Å². The third kappa shape index (κ3) is 3.35. The number of carbonyl (C=O) groups is 2. The molecular formula is C24H19N5O3. The summed E-state index contributed by atoms with van der Waals surface area (Å²) in [4.78, 5) is 34.8. The van der Waals surface area contributed by atoms with Crippen LogP contribution in [0.2, 0.25) is 0 Å². The van der Waals surface area contributed by atoms with Gasteiger partial charge in [-0.1, -0.05) is 12.1 Å². The molecule has 8 nitrogen and oxygen atoms in total. The Bertz CT molecular complexity index is 1430. The lowest BCUT2D eigenvalue weighted by Gasteiger charge is -2.26. The van der Waals surface area contributed by atoms with Gasteiger partial charge in [0.15, 0.2) is 0 Å². The van der Waals surface area contributed by atoms with Gasteiger partial charge in [-0.15, -0.1) is 0 Å². The van der Waals surface area contributed by atoms with Crippen molar-refractivity contribution in [2.45, 2.75) is 0 Å². The predicted molar refractivity (Wildman–Crippen MR) is 119 cm³/mol.